The molecular formula is C24H15Cl4F3N2O2. The Morgan fingerprint density at radius 2 is 1.60 bits per heavy atom. The van der Waals surface area contributed by atoms with Gasteiger partial charge in [0, 0.05) is 35.3 Å². The van der Waals surface area contributed by atoms with E-state index in [1.807, 2.05) is 0 Å². The largest absolute Gasteiger partial charge is 0.398 e. The summed E-state index contributed by atoms with van der Waals surface area (Å²) in [4.78, 5) is 25.7. The SMILES string of the molecule is Nc1cc(F)c(F)cc1CC(=O)c1cc(NC(=O)[C@H]2[C@H](c3ccc(F)c(Cl)c3)C2(Cl)Cl)ccc1Cl. The molecule has 3 aromatic carbocycles. The summed E-state index contributed by atoms with van der Waals surface area (Å²) in [6.07, 6.45) is -0.345. The smallest absolute Gasteiger partial charge is 0.231 e. The Kier molecular flexibility index (Phi) is 6.99. The van der Waals surface area contributed by atoms with Crippen LogP contribution < -0.4 is 11.1 Å². The van der Waals surface area contributed by atoms with Crippen LogP contribution in [0, 0.1) is 23.4 Å². The van der Waals surface area contributed by atoms with Gasteiger partial charge in [0.1, 0.15) is 10.2 Å². The highest BCUT2D eigenvalue weighted by Crippen LogP contribution is 2.65. The highest BCUT2D eigenvalue weighted by atomic mass is 35.5. The molecule has 1 fully saturated rings. The zero-order valence-electron chi connectivity index (χ0n) is 17.5. The van der Waals surface area contributed by atoms with Crippen molar-refractivity contribution in [3.63, 3.8) is 0 Å². The number of alkyl halides is 2. The maximum Gasteiger partial charge on any atom is 0.231 e. The molecule has 0 saturated heterocycles. The number of benzene rings is 3. The van der Waals surface area contributed by atoms with Crippen LogP contribution in [-0.4, -0.2) is 16.0 Å². The molecule has 2 atom stereocenters. The molecule has 0 radical (unpaired) electrons. The number of carbonyl (C=O) groups excluding carboxylic acids is 2. The van der Waals surface area contributed by atoms with E-state index in [1.54, 1.807) is 0 Å². The minimum absolute atomic E-state index is 0.0364. The Bertz CT molecular complexity index is 1370. The lowest BCUT2D eigenvalue weighted by Gasteiger charge is -2.10. The van der Waals surface area contributed by atoms with Crippen molar-refractivity contribution in [2.75, 3.05) is 11.1 Å². The van der Waals surface area contributed by atoms with Crippen LogP contribution in [0.4, 0.5) is 24.5 Å². The van der Waals surface area contributed by atoms with E-state index in [-0.39, 0.29) is 39.0 Å². The number of hydrogen-bond acceptors (Lipinski definition) is 3. The molecule has 0 aliphatic heterocycles. The molecule has 1 aliphatic rings. The Hall–Kier alpha value is -2.45. The molecule has 35 heavy (non-hydrogen) atoms. The summed E-state index contributed by atoms with van der Waals surface area (Å²) in [6.45, 7) is 0. The lowest BCUT2D eigenvalue weighted by atomic mass is 10.0. The molecule has 0 bridgehead atoms. The maximum absolute atomic E-state index is 13.6. The molecule has 1 saturated carbocycles. The normalized spacial score (nSPS) is 18.3. The fourth-order valence-corrected chi connectivity index (χ4v) is 5.08. The van der Waals surface area contributed by atoms with Crippen LogP contribution in [0.15, 0.2) is 48.5 Å². The van der Waals surface area contributed by atoms with Crippen molar-refractivity contribution in [2.45, 2.75) is 16.7 Å². The number of carbonyl (C=O) groups is 2. The topological polar surface area (TPSA) is 72.2 Å². The molecule has 4 rings (SSSR count). The van der Waals surface area contributed by atoms with Gasteiger partial charge >= 0.3 is 0 Å². The highest BCUT2D eigenvalue weighted by Gasteiger charge is 2.67. The molecule has 0 heterocycles. The number of ketones is 1. The van der Waals surface area contributed by atoms with E-state index in [2.05, 4.69) is 5.32 Å². The van der Waals surface area contributed by atoms with Crippen LogP contribution in [0.5, 0.6) is 0 Å². The first-order valence-electron chi connectivity index (χ1n) is 10.1. The molecule has 1 amide bonds. The molecule has 3 aromatic rings. The number of anilines is 2. The average Bonchev–Trinajstić information content (AvgIpc) is 3.37. The zero-order valence-corrected chi connectivity index (χ0v) is 20.5. The molecule has 0 aromatic heterocycles. The second-order valence-electron chi connectivity index (χ2n) is 8.05. The molecule has 0 unspecified atom stereocenters. The fraction of sp³-hybridized carbons (Fsp3) is 0.167. The van der Waals surface area contributed by atoms with Gasteiger partial charge in [-0.1, -0.05) is 29.3 Å². The Morgan fingerprint density at radius 3 is 2.29 bits per heavy atom. The van der Waals surface area contributed by atoms with Crippen molar-refractivity contribution in [2.24, 2.45) is 5.92 Å². The minimum Gasteiger partial charge on any atom is -0.398 e. The standard InChI is InChI=1S/C24H15Cl4F3N2O2/c25-14-3-2-12(8-13(14)20(34)7-11-6-17(30)18(31)9-19(11)32)33-23(35)22-21(24(22,27)28)10-1-4-16(29)15(26)5-10/h1-6,8-9,21-22H,7,32H2,(H,33,35)/t21-,22+/m0/s1. The molecule has 182 valence electrons. The number of amides is 1. The first-order valence-corrected chi connectivity index (χ1v) is 11.6. The summed E-state index contributed by atoms with van der Waals surface area (Å²) in [5.74, 6) is -5.45. The van der Waals surface area contributed by atoms with E-state index in [0.29, 0.717) is 5.56 Å². The van der Waals surface area contributed by atoms with Gasteiger partial charge in [-0.25, -0.2) is 13.2 Å². The van der Waals surface area contributed by atoms with Crippen LogP contribution in [0.1, 0.15) is 27.4 Å². The minimum atomic E-state index is -1.44. The Balaban J connectivity index is 1.52. The fourth-order valence-electron chi connectivity index (χ4n) is 3.83. The third kappa shape index (κ3) is 5.09. The molecule has 0 spiro atoms. The Labute approximate surface area is 218 Å². The summed E-state index contributed by atoms with van der Waals surface area (Å²) in [6, 6.07) is 9.81. The summed E-state index contributed by atoms with van der Waals surface area (Å²) >= 11 is 24.6. The van der Waals surface area contributed by atoms with Crippen molar-refractivity contribution in [1.82, 2.24) is 0 Å². The maximum atomic E-state index is 13.6. The number of Topliss-reactive ketones (excluding diaryl/α,β-unsaturated/α-hetero) is 1. The summed E-state index contributed by atoms with van der Waals surface area (Å²) < 4.78 is 38.9. The lowest BCUT2D eigenvalue weighted by molar-refractivity contribution is -0.117. The third-order valence-corrected chi connectivity index (χ3v) is 7.27. The van der Waals surface area contributed by atoms with E-state index in [4.69, 9.17) is 52.1 Å². The highest BCUT2D eigenvalue weighted by molar-refractivity contribution is 6.53. The molecular weight excluding hydrogens is 547 g/mol. The van der Waals surface area contributed by atoms with Gasteiger partial charge < -0.3 is 11.1 Å². The molecule has 3 N–H and O–H groups in total. The first kappa shape index (κ1) is 25.6. The van der Waals surface area contributed by atoms with Gasteiger partial charge in [-0.2, -0.15) is 0 Å². The van der Waals surface area contributed by atoms with E-state index in [9.17, 15) is 22.8 Å². The first-order chi connectivity index (χ1) is 16.4. The van der Waals surface area contributed by atoms with E-state index in [0.717, 1.165) is 18.2 Å². The second kappa shape index (κ2) is 9.54. The average molecular weight is 562 g/mol. The van der Waals surface area contributed by atoms with Gasteiger partial charge in [-0.05, 0) is 47.5 Å². The van der Waals surface area contributed by atoms with Crippen LogP contribution in [0.2, 0.25) is 10.0 Å². The van der Waals surface area contributed by atoms with Gasteiger partial charge in [-0.3, -0.25) is 9.59 Å². The van der Waals surface area contributed by atoms with Gasteiger partial charge in [0.2, 0.25) is 5.91 Å². The summed E-state index contributed by atoms with van der Waals surface area (Å²) in [5.41, 5.74) is 6.46. The third-order valence-electron chi connectivity index (χ3n) is 5.71. The van der Waals surface area contributed by atoms with Crippen molar-refractivity contribution in [3.05, 3.63) is 92.7 Å². The van der Waals surface area contributed by atoms with E-state index < -0.39 is 45.3 Å². The summed E-state index contributed by atoms with van der Waals surface area (Å²) in [7, 11) is 0. The van der Waals surface area contributed by atoms with Crippen LogP contribution >= 0.6 is 46.4 Å². The quantitative estimate of drug-likeness (QED) is 0.194. The van der Waals surface area contributed by atoms with Gasteiger partial charge in [-0.15, -0.1) is 23.2 Å². The van der Waals surface area contributed by atoms with Gasteiger partial charge in [0.25, 0.3) is 0 Å². The lowest BCUT2D eigenvalue weighted by Crippen LogP contribution is -2.17. The monoisotopic (exact) mass is 560 g/mol. The van der Waals surface area contributed by atoms with Crippen molar-refractivity contribution in [1.29, 1.82) is 0 Å². The van der Waals surface area contributed by atoms with Crippen LogP contribution in [-0.2, 0) is 11.2 Å². The van der Waals surface area contributed by atoms with Crippen LogP contribution in [0.3, 0.4) is 0 Å². The number of nitrogen functional groups attached to an aromatic ring is 1. The van der Waals surface area contributed by atoms with Crippen molar-refractivity contribution < 1.29 is 22.8 Å². The molecule has 1 aliphatic carbocycles. The molecule has 4 nitrogen and oxygen atoms in total. The second-order valence-corrected chi connectivity index (χ2v) is 10.3. The van der Waals surface area contributed by atoms with Gasteiger partial charge in [0.05, 0.1) is 16.0 Å². The Morgan fingerprint density at radius 1 is 0.914 bits per heavy atom. The van der Waals surface area contributed by atoms with Crippen LogP contribution in [0.25, 0.3) is 0 Å². The van der Waals surface area contributed by atoms with E-state index in [1.165, 1.54) is 30.3 Å². The molecule has 11 heteroatoms. The van der Waals surface area contributed by atoms with E-state index >= 15 is 0 Å². The predicted octanol–water partition coefficient (Wildman–Crippen LogP) is 6.94. The van der Waals surface area contributed by atoms with Crippen molar-refractivity contribution in [3.8, 4) is 0 Å². The zero-order chi connectivity index (χ0) is 25.7. The van der Waals surface area contributed by atoms with Gasteiger partial charge in [0.15, 0.2) is 17.4 Å². The number of nitrogens with one attached hydrogen (secondary N) is 1. The van der Waals surface area contributed by atoms with Crippen molar-refractivity contribution >= 4 is 69.5 Å². The number of halogens is 7. The number of nitrogens with two attached hydrogens (primary N) is 1. The predicted molar refractivity (Wildman–Crippen MR) is 131 cm³/mol. The summed E-state index contributed by atoms with van der Waals surface area (Å²) in [5, 5.41) is 2.60. The number of rotatable bonds is 6. The number of hydrogen-bond donors (Lipinski definition) is 2.